The number of carbonyl (C=O) groups excluding carboxylic acids is 2. The molecule has 0 aromatic carbocycles. The molecule has 0 saturated heterocycles. The largest absolute Gasteiger partial charge is 0.351 e. The van der Waals surface area contributed by atoms with Crippen LogP contribution in [0.5, 0.6) is 0 Å². The van der Waals surface area contributed by atoms with Crippen molar-refractivity contribution < 1.29 is 9.59 Å². The molecule has 0 bridgehead atoms. The van der Waals surface area contributed by atoms with Crippen LogP contribution in [-0.2, 0) is 22.6 Å². The lowest BCUT2D eigenvalue weighted by Gasteiger charge is -2.32. The number of aromatic nitrogens is 2. The SMILES string of the molecule is O=C(NC1CCCC1)C(c1ccncc1)N(Cc1cccnc1)C(=O)Cc1cccs1. The molecule has 0 radical (unpaired) electrons. The molecule has 3 aromatic rings. The summed E-state index contributed by atoms with van der Waals surface area (Å²) in [7, 11) is 0. The number of carbonyl (C=O) groups is 2. The molecule has 31 heavy (non-hydrogen) atoms. The quantitative estimate of drug-likeness (QED) is 0.583. The van der Waals surface area contributed by atoms with E-state index in [1.165, 1.54) is 0 Å². The number of hydrogen-bond donors (Lipinski definition) is 1. The highest BCUT2D eigenvalue weighted by atomic mass is 32.1. The maximum absolute atomic E-state index is 13.5. The summed E-state index contributed by atoms with van der Waals surface area (Å²) >= 11 is 1.55. The van der Waals surface area contributed by atoms with Gasteiger partial charge in [-0.05, 0) is 53.6 Å². The van der Waals surface area contributed by atoms with Gasteiger partial charge < -0.3 is 10.2 Å². The summed E-state index contributed by atoms with van der Waals surface area (Å²) in [6, 6.07) is 10.7. The van der Waals surface area contributed by atoms with Crippen LogP contribution >= 0.6 is 11.3 Å². The van der Waals surface area contributed by atoms with Crippen molar-refractivity contribution in [3.63, 3.8) is 0 Å². The first-order valence-electron chi connectivity index (χ1n) is 10.6. The Kier molecular flexibility index (Phi) is 7.04. The van der Waals surface area contributed by atoms with Gasteiger partial charge in [-0.25, -0.2) is 0 Å². The van der Waals surface area contributed by atoms with E-state index in [1.807, 2.05) is 41.8 Å². The lowest BCUT2D eigenvalue weighted by Crippen LogP contribution is -2.46. The second kappa shape index (κ2) is 10.3. The van der Waals surface area contributed by atoms with E-state index in [9.17, 15) is 9.59 Å². The second-order valence-electron chi connectivity index (χ2n) is 7.81. The Balaban J connectivity index is 1.66. The topological polar surface area (TPSA) is 75.2 Å². The van der Waals surface area contributed by atoms with Crippen LogP contribution in [0.1, 0.15) is 47.7 Å². The summed E-state index contributed by atoms with van der Waals surface area (Å²) in [5.41, 5.74) is 1.64. The number of hydrogen-bond acceptors (Lipinski definition) is 5. The summed E-state index contributed by atoms with van der Waals surface area (Å²) in [6.07, 6.45) is 11.3. The monoisotopic (exact) mass is 434 g/mol. The number of nitrogens with one attached hydrogen (secondary N) is 1. The summed E-state index contributed by atoms with van der Waals surface area (Å²) in [6.45, 7) is 0.309. The fourth-order valence-corrected chi connectivity index (χ4v) is 4.74. The third kappa shape index (κ3) is 5.55. The van der Waals surface area contributed by atoms with Crippen LogP contribution in [0, 0.1) is 0 Å². The van der Waals surface area contributed by atoms with Crippen LogP contribution < -0.4 is 5.32 Å². The van der Waals surface area contributed by atoms with Crippen LogP contribution in [0.25, 0.3) is 0 Å². The molecule has 1 aliphatic carbocycles. The summed E-state index contributed by atoms with van der Waals surface area (Å²) in [4.78, 5) is 37.9. The minimum atomic E-state index is -0.726. The Morgan fingerprint density at radius 2 is 1.87 bits per heavy atom. The summed E-state index contributed by atoms with van der Waals surface area (Å²) in [5.74, 6) is -0.226. The highest BCUT2D eigenvalue weighted by Gasteiger charge is 2.33. The van der Waals surface area contributed by atoms with Crippen molar-refractivity contribution in [1.82, 2.24) is 20.2 Å². The smallest absolute Gasteiger partial charge is 0.247 e. The molecular weight excluding hydrogens is 408 g/mol. The van der Waals surface area contributed by atoms with Gasteiger partial charge in [0, 0.05) is 42.3 Å². The van der Waals surface area contributed by atoms with Crippen molar-refractivity contribution in [3.05, 3.63) is 82.6 Å². The van der Waals surface area contributed by atoms with Gasteiger partial charge >= 0.3 is 0 Å². The molecule has 0 spiro atoms. The third-order valence-corrected chi connectivity index (χ3v) is 6.46. The second-order valence-corrected chi connectivity index (χ2v) is 8.84. The van der Waals surface area contributed by atoms with Gasteiger partial charge in [0.25, 0.3) is 0 Å². The molecule has 1 fully saturated rings. The number of pyridine rings is 2. The molecule has 1 N–H and O–H groups in total. The van der Waals surface area contributed by atoms with Gasteiger partial charge in [-0.15, -0.1) is 11.3 Å². The molecule has 1 aliphatic rings. The van der Waals surface area contributed by atoms with E-state index in [4.69, 9.17) is 0 Å². The predicted molar refractivity (Wildman–Crippen MR) is 120 cm³/mol. The Morgan fingerprint density at radius 1 is 1.06 bits per heavy atom. The first-order chi connectivity index (χ1) is 15.2. The van der Waals surface area contributed by atoms with E-state index in [1.54, 1.807) is 41.0 Å². The van der Waals surface area contributed by atoms with Crippen molar-refractivity contribution in [1.29, 1.82) is 0 Å². The van der Waals surface area contributed by atoms with Crippen LogP contribution in [0.2, 0.25) is 0 Å². The van der Waals surface area contributed by atoms with Gasteiger partial charge in [-0.2, -0.15) is 0 Å². The molecule has 1 unspecified atom stereocenters. The molecule has 1 atom stereocenters. The zero-order valence-corrected chi connectivity index (χ0v) is 18.1. The van der Waals surface area contributed by atoms with Crippen LogP contribution in [0.3, 0.4) is 0 Å². The molecule has 160 valence electrons. The predicted octanol–water partition coefficient (Wildman–Crippen LogP) is 3.91. The fraction of sp³-hybridized carbons (Fsp3) is 0.333. The summed E-state index contributed by atoms with van der Waals surface area (Å²) < 4.78 is 0. The van der Waals surface area contributed by atoms with Gasteiger partial charge in [0.1, 0.15) is 6.04 Å². The highest BCUT2D eigenvalue weighted by Crippen LogP contribution is 2.26. The Labute approximate surface area is 186 Å². The molecule has 1 saturated carbocycles. The van der Waals surface area contributed by atoms with E-state index in [2.05, 4.69) is 15.3 Å². The molecule has 7 heteroatoms. The number of nitrogens with zero attached hydrogens (tertiary/aromatic N) is 3. The average Bonchev–Trinajstić information content (AvgIpc) is 3.49. The van der Waals surface area contributed by atoms with Crippen molar-refractivity contribution in [2.24, 2.45) is 0 Å². The van der Waals surface area contributed by atoms with E-state index in [-0.39, 0.29) is 24.3 Å². The standard InChI is InChI=1S/C24H26N4O2S/c29-22(15-21-8-4-14-31-21)28(17-18-5-3-11-26-16-18)23(19-9-12-25-13-10-19)24(30)27-20-6-1-2-7-20/h3-5,8-14,16,20,23H,1-2,6-7,15,17H2,(H,27,30). The Hall–Kier alpha value is -3.06. The van der Waals surface area contributed by atoms with Crippen molar-refractivity contribution in [2.45, 2.75) is 50.7 Å². The molecule has 6 nitrogen and oxygen atoms in total. The first kappa shape index (κ1) is 21.2. The molecule has 0 aliphatic heterocycles. The lowest BCUT2D eigenvalue weighted by atomic mass is 10.0. The molecule has 4 rings (SSSR count). The lowest BCUT2D eigenvalue weighted by molar-refractivity contribution is -0.141. The van der Waals surface area contributed by atoms with E-state index >= 15 is 0 Å². The van der Waals surface area contributed by atoms with Crippen molar-refractivity contribution in [2.75, 3.05) is 0 Å². The van der Waals surface area contributed by atoms with Gasteiger partial charge in [0.15, 0.2) is 0 Å². The van der Waals surface area contributed by atoms with E-state index in [0.29, 0.717) is 6.54 Å². The molecule has 3 aromatic heterocycles. The molecular formula is C24H26N4O2S. The number of rotatable bonds is 8. The van der Waals surface area contributed by atoms with E-state index in [0.717, 1.165) is 41.7 Å². The summed E-state index contributed by atoms with van der Waals surface area (Å²) in [5, 5.41) is 5.15. The van der Waals surface area contributed by atoms with Gasteiger partial charge in [0.2, 0.25) is 11.8 Å². The van der Waals surface area contributed by atoms with Gasteiger partial charge in [0.05, 0.1) is 6.42 Å². The zero-order valence-electron chi connectivity index (χ0n) is 17.3. The Morgan fingerprint density at radius 3 is 2.55 bits per heavy atom. The van der Waals surface area contributed by atoms with Crippen molar-refractivity contribution >= 4 is 23.2 Å². The van der Waals surface area contributed by atoms with Crippen molar-refractivity contribution in [3.8, 4) is 0 Å². The first-order valence-corrected chi connectivity index (χ1v) is 11.5. The number of amides is 2. The third-order valence-electron chi connectivity index (χ3n) is 5.59. The van der Waals surface area contributed by atoms with Crippen LogP contribution in [0.15, 0.2) is 66.6 Å². The number of thiophene rings is 1. The van der Waals surface area contributed by atoms with Gasteiger partial charge in [-0.3, -0.25) is 19.6 Å². The minimum Gasteiger partial charge on any atom is -0.351 e. The Bertz CT molecular complexity index is 973. The fourth-order valence-electron chi connectivity index (χ4n) is 4.04. The van der Waals surface area contributed by atoms with Gasteiger partial charge in [-0.1, -0.05) is 25.0 Å². The van der Waals surface area contributed by atoms with Crippen LogP contribution in [-0.4, -0.2) is 32.7 Å². The molecule has 3 heterocycles. The molecule has 2 amide bonds. The minimum absolute atomic E-state index is 0.0883. The zero-order chi connectivity index (χ0) is 21.5. The highest BCUT2D eigenvalue weighted by molar-refractivity contribution is 7.10. The van der Waals surface area contributed by atoms with Crippen LogP contribution in [0.4, 0.5) is 0 Å². The average molecular weight is 435 g/mol. The van der Waals surface area contributed by atoms with E-state index < -0.39 is 6.04 Å². The maximum Gasteiger partial charge on any atom is 0.247 e. The maximum atomic E-state index is 13.5. The normalized spacial score (nSPS) is 14.8.